The van der Waals surface area contributed by atoms with Gasteiger partial charge in [0.15, 0.2) is 0 Å². The van der Waals surface area contributed by atoms with Crippen molar-refractivity contribution in [3.8, 4) is 0 Å². The summed E-state index contributed by atoms with van der Waals surface area (Å²) >= 11 is 0. The second kappa shape index (κ2) is 4.54. The number of sulfone groups is 1. The van der Waals surface area contributed by atoms with Gasteiger partial charge in [0.1, 0.15) is 9.84 Å². The average molecular weight is 257 g/mol. The summed E-state index contributed by atoms with van der Waals surface area (Å²) in [5, 5.41) is 3.64. The summed E-state index contributed by atoms with van der Waals surface area (Å²) < 4.78 is 22.7. The van der Waals surface area contributed by atoms with Crippen LogP contribution in [0.1, 0.15) is 38.5 Å². The molecule has 3 nitrogen and oxygen atoms in total. The van der Waals surface area contributed by atoms with Crippen LogP contribution >= 0.6 is 0 Å². The van der Waals surface area contributed by atoms with Crippen molar-refractivity contribution in [3.63, 3.8) is 0 Å². The standard InChI is InChI=1S/C13H23NO2S/c15-17(16)7-5-12(6-8-17)14-9-13(10-1-2-10)11-3-4-11/h10-14H,1-9H2. The molecule has 3 fully saturated rings. The molecular weight excluding hydrogens is 234 g/mol. The van der Waals surface area contributed by atoms with Crippen molar-refractivity contribution in [2.75, 3.05) is 18.1 Å². The summed E-state index contributed by atoms with van der Waals surface area (Å²) in [5.41, 5.74) is 0. The molecule has 98 valence electrons. The normalized spacial score (nSPS) is 29.7. The van der Waals surface area contributed by atoms with E-state index >= 15 is 0 Å². The molecule has 0 aromatic heterocycles. The number of nitrogens with one attached hydrogen (secondary N) is 1. The molecule has 1 aliphatic heterocycles. The fourth-order valence-electron chi connectivity index (χ4n) is 3.16. The van der Waals surface area contributed by atoms with E-state index < -0.39 is 9.84 Å². The predicted octanol–water partition coefficient (Wildman–Crippen LogP) is 1.59. The molecule has 3 rings (SSSR count). The lowest BCUT2D eigenvalue weighted by Crippen LogP contribution is -2.40. The van der Waals surface area contributed by atoms with E-state index in [1.807, 2.05) is 0 Å². The molecule has 2 aliphatic carbocycles. The predicted molar refractivity (Wildman–Crippen MR) is 68.6 cm³/mol. The first kappa shape index (κ1) is 12.0. The molecule has 4 heteroatoms. The molecule has 3 aliphatic rings. The summed E-state index contributed by atoms with van der Waals surface area (Å²) in [4.78, 5) is 0. The summed E-state index contributed by atoms with van der Waals surface area (Å²) in [6.07, 6.45) is 7.38. The van der Waals surface area contributed by atoms with Gasteiger partial charge in [0.25, 0.3) is 0 Å². The van der Waals surface area contributed by atoms with E-state index in [0.717, 1.165) is 37.1 Å². The van der Waals surface area contributed by atoms with Crippen LogP contribution < -0.4 is 5.32 Å². The lowest BCUT2D eigenvalue weighted by Gasteiger charge is -2.26. The molecule has 0 radical (unpaired) electrons. The molecule has 17 heavy (non-hydrogen) atoms. The molecule has 0 bridgehead atoms. The van der Waals surface area contributed by atoms with Gasteiger partial charge in [-0.15, -0.1) is 0 Å². The van der Waals surface area contributed by atoms with Crippen molar-refractivity contribution in [2.24, 2.45) is 17.8 Å². The summed E-state index contributed by atoms with van der Waals surface area (Å²) in [5.74, 6) is 3.66. The Labute approximate surface area is 104 Å². The summed E-state index contributed by atoms with van der Waals surface area (Å²) in [6.45, 7) is 1.14. The van der Waals surface area contributed by atoms with Crippen molar-refractivity contribution in [3.05, 3.63) is 0 Å². The van der Waals surface area contributed by atoms with Gasteiger partial charge in [0.2, 0.25) is 0 Å². The van der Waals surface area contributed by atoms with Crippen LogP contribution in [-0.2, 0) is 9.84 Å². The van der Waals surface area contributed by atoms with Gasteiger partial charge in [0, 0.05) is 6.04 Å². The van der Waals surface area contributed by atoms with Gasteiger partial charge in [-0.1, -0.05) is 0 Å². The molecule has 1 heterocycles. The Balaban J connectivity index is 1.44. The molecule has 1 saturated heterocycles. The fourth-order valence-corrected chi connectivity index (χ4v) is 4.66. The first-order chi connectivity index (χ1) is 8.14. The van der Waals surface area contributed by atoms with Gasteiger partial charge < -0.3 is 5.32 Å². The topological polar surface area (TPSA) is 46.2 Å². The smallest absolute Gasteiger partial charge is 0.150 e. The first-order valence-electron chi connectivity index (χ1n) is 7.08. The second-order valence-corrected chi connectivity index (χ2v) is 8.48. The highest BCUT2D eigenvalue weighted by molar-refractivity contribution is 7.91. The molecule has 0 unspecified atom stereocenters. The molecule has 0 amide bonds. The minimum absolute atomic E-state index is 0.391. The molecular formula is C13H23NO2S. The maximum Gasteiger partial charge on any atom is 0.150 e. The van der Waals surface area contributed by atoms with Crippen LogP contribution in [0.5, 0.6) is 0 Å². The SMILES string of the molecule is O=S1(=O)CCC(NCC(C2CC2)C2CC2)CC1. The van der Waals surface area contributed by atoms with Gasteiger partial charge in [0.05, 0.1) is 11.5 Å². The van der Waals surface area contributed by atoms with Crippen LogP contribution in [-0.4, -0.2) is 32.5 Å². The summed E-state index contributed by atoms with van der Waals surface area (Å²) in [6, 6.07) is 0.457. The second-order valence-electron chi connectivity index (χ2n) is 6.17. The van der Waals surface area contributed by atoms with E-state index in [0.29, 0.717) is 17.5 Å². The van der Waals surface area contributed by atoms with Crippen LogP contribution in [0.4, 0.5) is 0 Å². The number of hydrogen-bond acceptors (Lipinski definition) is 3. The monoisotopic (exact) mass is 257 g/mol. The van der Waals surface area contributed by atoms with Crippen LogP contribution in [0.3, 0.4) is 0 Å². The lowest BCUT2D eigenvalue weighted by molar-refractivity contribution is 0.344. The Hall–Kier alpha value is -0.0900. The van der Waals surface area contributed by atoms with Crippen molar-refractivity contribution in [1.29, 1.82) is 0 Å². The molecule has 0 aromatic rings. The van der Waals surface area contributed by atoms with Gasteiger partial charge in [-0.05, 0) is 62.8 Å². The van der Waals surface area contributed by atoms with E-state index in [1.54, 1.807) is 0 Å². The van der Waals surface area contributed by atoms with Crippen molar-refractivity contribution < 1.29 is 8.42 Å². The Morgan fingerprint density at radius 3 is 1.94 bits per heavy atom. The molecule has 1 N–H and O–H groups in total. The minimum atomic E-state index is -2.70. The Bertz CT molecular complexity index is 345. The maximum absolute atomic E-state index is 11.3. The number of rotatable bonds is 5. The number of hydrogen-bond donors (Lipinski definition) is 1. The van der Waals surface area contributed by atoms with Gasteiger partial charge in [-0.25, -0.2) is 8.42 Å². The van der Waals surface area contributed by atoms with E-state index in [9.17, 15) is 8.42 Å². The van der Waals surface area contributed by atoms with Crippen LogP contribution in [0.15, 0.2) is 0 Å². The largest absolute Gasteiger partial charge is 0.314 e. The Morgan fingerprint density at radius 1 is 0.941 bits per heavy atom. The van der Waals surface area contributed by atoms with Gasteiger partial charge in [-0.2, -0.15) is 0 Å². The molecule has 0 aromatic carbocycles. The zero-order valence-electron chi connectivity index (χ0n) is 10.4. The van der Waals surface area contributed by atoms with E-state index in [4.69, 9.17) is 0 Å². The molecule has 0 spiro atoms. The molecule has 0 atom stereocenters. The first-order valence-corrected chi connectivity index (χ1v) is 8.90. The Kier molecular flexibility index (Phi) is 3.20. The fraction of sp³-hybridized carbons (Fsp3) is 1.00. The maximum atomic E-state index is 11.3. The minimum Gasteiger partial charge on any atom is -0.314 e. The van der Waals surface area contributed by atoms with Crippen molar-refractivity contribution >= 4 is 9.84 Å². The van der Waals surface area contributed by atoms with Crippen LogP contribution in [0.2, 0.25) is 0 Å². The van der Waals surface area contributed by atoms with Crippen LogP contribution in [0, 0.1) is 17.8 Å². The quantitative estimate of drug-likeness (QED) is 0.813. The van der Waals surface area contributed by atoms with E-state index in [-0.39, 0.29) is 0 Å². The third-order valence-corrected chi connectivity index (χ3v) is 6.37. The van der Waals surface area contributed by atoms with Crippen molar-refractivity contribution in [1.82, 2.24) is 5.32 Å². The van der Waals surface area contributed by atoms with Gasteiger partial charge >= 0.3 is 0 Å². The van der Waals surface area contributed by atoms with E-state index in [1.165, 1.54) is 25.7 Å². The average Bonchev–Trinajstić information content (AvgIpc) is 3.14. The highest BCUT2D eigenvalue weighted by Gasteiger charge is 2.41. The third kappa shape index (κ3) is 3.22. The van der Waals surface area contributed by atoms with Crippen LogP contribution in [0.25, 0.3) is 0 Å². The zero-order valence-corrected chi connectivity index (χ0v) is 11.2. The van der Waals surface area contributed by atoms with Gasteiger partial charge in [-0.3, -0.25) is 0 Å². The summed E-state index contributed by atoms with van der Waals surface area (Å²) in [7, 11) is -2.70. The Morgan fingerprint density at radius 2 is 1.47 bits per heavy atom. The zero-order chi connectivity index (χ0) is 11.9. The highest BCUT2D eigenvalue weighted by atomic mass is 32.2. The highest BCUT2D eigenvalue weighted by Crippen LogP contribution is 2.48. The van der Waals surface area contributed by atoms with E-state index in [2.05, 4.69) is 5.32 Å². The van der Waals surface area contributed by atoms with Crippen molar-refractivity contribution in [2.45, 2.75) is 44.6 Å². The molecule has 2 saturated carbocycles. The lowest BCUT2D eigenvalue weighted by atomic mass is 9.97. The third-order valence-electron chi connectivity index (χ3n) is 4.65.